The fourth-order valence-electron chi connectivity index (χ4n) is 3.88. The number of amides is 1. The average molecular weight is 305 g/mol. The third-order valence-corrected chi connectivity index (χ3v) is 4.78. The van der Waals surface area contributed by atoms with E-state index in [0.717, 1.165) is 38.6 Å². The highest BCUT2D eigenvalue weighted by Crippen LogP contribution is 2.44. The van der Waals surface area contributed by atoms with Gasteiger partial charge in [0.1, 0.15) is 11.2 Å². The average Bonchev–Trinajstić information content (AvgIpc) is 2.90. The van der Waals surface area contributed by atoms with Gasteiger partial charge >= 0.3 is 6.09 Å². The van der Waals surface area contributed by atoms with Gasteiger partial charge in [-0.2, -0.15) is 0 Å². The number of piperidine rings is 1. The molecule has 1 amide bonds. The maximum Gasteiger partial charge on any atom is 0.410 e. The van der Waals surface area contributed by atoms with E-state index >= 15 is 0 Å². The van der Waals surface area contributed by atoms with Crippen LogP contribution in [0.25, 0.3) is 0 Å². The Balaban J connectivity index is 1.85. The van der Waals surface area contributed by atoms with E-state index in [1.165, 1.54) is 5.57 Å². The van der Waals surface area contributed by atoms with Gasteiger partial charge in [0, 0.05) is 6.54 Å². The number of hydrogen-bond donors (Lipinski definition) is 0. The molecule has 4 heteroatoms. The standard InChI is InChI=1S/C18H27NO3/c1-17(2,3)22-16(20)19-12-7-5-9-15(19)18-11-6-4-8-14(18)10-13-21-18/h4,8,10,15H,5-7,9,11-13H2,1-3H3/t15?,18-/m0/s1. The number of allylic oxidation sites excluding steroid dienone is 1. The summed E-state index contributed by atoms with van der Waals surface area (Å²) in [6, 6.07) is 0.0924. The maximum absolute atomic E-state index is 12.7. The molecule has 0 aromatic carbocycles. The molecule has 1 saturated heterocycles. The van der Waals surface area contributed by atoms with Crippen LogP contribution < -0.4 is 0 Å². The van der Waals surface area contributed by atoms with Gasteiger partial charge in [-0.3, -0.25) is 0 Å². The van der Waals surface area contributed by atoms with Crippen molar-refractivity contribution in [1.29, 1.82) is 0 Å². The zero-order valence-corrected chi connectivity index (χ0v) is 13.9. The highest BCUT2D eigenvalue weighted by Gasteiger charge is 2.50. The van der Waals surface area contributed by atoms with Crippen LogP contribution in [0, 0.1) is 0 Å². The Morgan fingerprint density at radius 3 is 3.00 bits per heavy atom. The van der Waals surface area contributed by atoms with Gasteiger partial charge in [-0.1, -0.05) is 18.2 Å². The van der Waals surface area contributed by atoms with Crippen molar-refractivity contribution in [3.63, 3.8) is 0 Å². The first kappa shape index (κ1) is 15.6. The summed E-state index contributed by atoms with van der Waals surface area (Å²) in [5.74, 6) is 0. The minimum absolute atomic E-state index is 0.0924. The highest BCUT2D eigenvalue weighted by molar-refractivity contribution is 5.69. The van der Waals surface area contributed by atoms with Gasteiger partial charge in [-0.05, 0) is 58.4 Å². The molecule has 0 spiro atoms. The Morgan fingerprint density at radius 1 is 1.41 bits per heavy atom. The summed E-state index contributed by atoms with van der Waals surface area (Å²) < 4.78 is 11.8. The molecule has 2 atom stereocenters. The zero-order chi connectivity index (χ0) is 15.8. The molecule has 0 N–H and O–H groups in total. The zero-order valence-electron chi connectivity index (χ0n) is 13.9. The first-order valence-electron chi connectivity index (χ1n) is 8.43. The van der Waals surface area contributed by atoms with Crippen LogP contribution in [0.3, 0.4) is 0 Å². The number of hydrogen-bond acceptors (Lipinski definition) is 3. The monoisotopic (exact) mass is 305 g/mol. The quantitative estimate of drug-likeness (QED) is 0.739. The number of carbonyl (C=O) groups is 1. The van der Waals surface area contributed by atoms with E-state index < -0.39 is 5.60 Å². The van der Waals surface area contributed by atoms with Crippen LogP contribution in [0.4, 0.5) is 4.79 Å². The minimum Gasteiger partial charge on any atom is -0.444 e. The van der Waals surface area contributed by atoms with Crippen LogP contribution >= 0.6 is 0 Å². The van der Waals surface area contributed by atoms with Crippen molar-refractivity contribution in [1.82, 2.24) is 4.90 Å². The van der Waals surface area contributed by atoms with Crippen LogP contribution in [0.5, 0.6) is 0 Å². The predicted octanol–water partition coefficient (Wildman–Crippen LogP) is 3.82. The molecular formula is C18H27NO3. The van der Waals surface area contributed by atoms with Gasteiger partial charge in [-0.25, -0.2) is 4.79 Å². The largest absolute Gasteiger partial charge is 0.444 e. The molecule has 1 aliphatic carbocycles. The molecule has 122 valence electrons. The van der Waals surface area contributed by atoms with Gasteiger partial charge in [0.25, 0.3) is 0 Å². The molecule has 2 heterocycles. The van der Waals surface area contributed by atoms with Gasteiger partial charge in [0.15, 0.2) is 0 Å². The van der Waals surface area contributed by atoms with Crippen LogP contribution in [-0.2, 0) is 9.47 Å². The fraction of sp³-hybridized carbons (Fsp3) is 0.722. The molecule has 3 aliphatic rings. The lowest BCUT2D eigenvalue weighted by Gasteiger charge is -2.47. The summed E-state index contributed by atoms with van der Waals surface area (Å²) in [6.07, 6.45) is 11.5. The van der Waals surface area contributed by atoms with Crippen molar-refractivity contribution < 1.29 is 14.3 Å². The van der Waals surface area contributed by atoms with Crippen molar-refractivity contribution >= 4 is 6.09 Å². The highest BCUT2D eigenvalue weighted by atomic mass is 16.6. The van der Waals surface area contributed by atoms with Crippen molar-refractivity contribution in [2.45, 2.75) is 70.1 Å². The first-order valence-corrected chi connectivity index (χ1v) is 8.43. The van der Waals surface area contributed by atoms with E-state index in [2.05, 4.69) is 18.2 Å². The summed E-state index contributed by atoms with van der Waals surface area (Å²) in [7, 11) is 0. The van der Waals surface area contributed by atoms with E-state index in [1.807, 2.05) is 25.7 Å². The van der Waals surface area contributed by atoms with Crippen molar-refractivity contribution in [2.75, 3.05) is 13.2 Å². The maximum atomic E-state index is 12.7. The number of nitrogens with zero attached hydrogens (tertiary/aromatic N) is 1. The van der Waals surface area contributed by atoms with E-state index in [-0.39, 0.29) is 17.7 Å². The second kappa shape index (κ2) is 5.73. The van der Waals surface area contributed by atoms with E-state index in [9.17, 15) is 4.79 Å². The predicted molar refractivity (Wildman–Crippen MR) is 85.7 cm³/mol. The second-order valence-electron chi connectivity index (χ2n) is 7.49. The van der Waals surface area contributed by atoms with Crippen LogP contribution in [0.15, 0.2) is 23.8 Å². The van der Waals surface area contributed by atoms with Gasteiger partial charge in [-0.15, -0.1) is 0 Å². The molecule has 0 aromatic rings. The Bertz CT molecular complexity index is 503. The van der Waals surface area contributed by atoms with Gasteiger partial charge in [0.2, 0.25) is 0 Å². The van der Waals surface area contributed by atoms with Gasteiger partial charge in [0.05, 0.1) is 12.6 Å². The van der Waals surface area contributed by atoms with E-state index in [1.54, 1.807) is 0 Å². The summed E-state index contributed by atoms with van der Waals surface area (Å²) >= 11 is 0. The molecule has 0 bridgehead atoms. The SMILES string of the molecule is CC(C)(C)OC(=O)N1CCCCC1[C@]12CCC=CC1=CCO2. The Kier molecular flexibility index (Phi) is 4.06. The molecule has 1 unspecified atom stereocenters. The number of rotatable bonds is 1. The lowest BCUT2D eigenvalue weighted by atomic mass is 9.76. The molecule has 0 saturated carbocycles. The summed E-state index contributed by atoms with van der Waals surface area (Å²) in [4.78, 5) is 14.6. The smallest absolute Gasteiger partial charge is 0.410 e. The summed E-state index contributed by atoms with van der Waals surface area (Å²) in [5, 5.41) is 0. The second-order valence-corrected chi connectivity index (χ2v) is 7.49. The molecular weight excluding hydrogens is 278 g/mol. The third kappa shape index (κ3) is 2.81. The Hall–Kier alpha value is -1.29. The van der Waals surface area contributed by atoms with E-state index in [4.69, 9.17) is 9.47 Å². The molecule has 4 nitrogen and oxygen atoms in total. The fourth-order valence-corrected chi connectivity index (χ4v) is 3.88. The third-order valence-electron chi connectivity index (χ3n) is 4.78. The minimum atomic E-state index is -0.460. The van der Waals surface area contributed by atoms with Crippen LogP contribution in [0.2, 0.25) is 0 Å². The normalized spacial score (nSPS) is 31.7. The lowest BCUT2D eigenvalue weighted by molar-refractivity contribution is -0.0741. The summed E-state index contributed by atoms with van der Waals surface area (Å²) in [5.41, 5.74) is 0.476. The first-order chi connectivity index (χ1) is 10.4. The molecule has 0 radical (unpaired) electrons. The Labute approximate surface area is 133 Å². The van der Waals surface area contributed by atoms with Crippen LogP contribution in [0.1, 0.15) is 52.9 Å². The van der Waals surface area contributed by atoms with Crippen molar-refractivity contribution in [3.05, 3.63) is 23.8 Å². The lowest BCUT2D eigenvalue weighted by Crippen LogP contribution is -2.58. The van der Waals surface area contributed by atoms with E-state index in [0.29, 0.717) is 6.61 Å². The van der Waals surface area contributed by atoms with Gasteiger partial charge < -0.3 is 14.4 Å². The summed E-state index contributed by atoms with van der Waals surface area (Å²) in [6.45, 7) is 7.18. The van der Waals surface area contributed by atoms with Crippen LogP contribution in [-0.4, -0.2) is 41.4 Å². The molecule has 2 aliphatic heterocycles. The number of carbonyl (C=O) groups excluding carboxylic acids is 1. The van der Waals surface area contributed by atoms with Crippen molar-refractivity contribution in [2.24, 2.45) is 0 Å². The number of likely N-dealkylation sites (tertiary alicyclic amines) is 1. The molecule has 0 aromatic heterocycles. The molecule has 3 rings (SSSR count). The molecule has 22 heavy (non-hydrogen) atoms. The number of fused-ring (bicyclic) bond motifs is 1. The molecule has 1 fully saturated rings. The topological polar surface area (TPSA) is 38.8 Å². The number of ether oxygens (including phenoxy) is 2. The van der Waals surface area contributed by atoms with Crippen molar-refractivity contribution in [3.8, 4) is 0 Å². The Morgan fingerprint density at radius 2 is 2.23 bits per heavy atom.